The number of hydrogen-bond donors (Lipinski definition) is 1. The molecule has 104 valence electrons. The van der Waals surface area contributed by atoms with Crippen LogP contribution in [0.25, 0.3) is 0 Å². The first-order valence-corrected chi connectivity index (χ1v) is 6.22. The lowest BCUT2D eigenvalue weighted by molar-refractivity contribution is -0.122. The molecule has 7 heteroatoms. The molecular weight excluding hydrogens is 250 g/mol. The maximum atomic E-state index is 11.7. The highest BCUT2D eigenvalue weighted by Gasteiger charge is 2.16. The number of ether oxygens (including phenoxy) is 1. The van der Waals surface area contributed by atoms with Gasteiger partial charge in [-0.15, -0.1) is 0 Å². The van der Waals surface area contributed by atoms with Gasteiger partial charge in [0.25, 0.3) is 5.56 Å². The van der Waals surface area contributed by atoms with E-state index in [1.54, 1.807) is 0 Å². The zero-order valence-electron chi connectivity index (χ0n) is 10.8. The summed E-state index contributed by atoms with van der Waals surface area (Å²) in [5, 5.41) is 2.72. The van der Waals surface area contributed by atoms with Gasteiger partial charge in [-0.2, -0.15) is 0 Å². The molecule has 7 nitrogen and oxygen atoms in total. The first kappa shape index (κ1) is 13.5. The van der Waals surface area contributed by atoms with Crippen molar-refractivity contribution in [2.75, 3.05) is 13.2 Å². The summed E-state index contributed by atoms with van der Waals surface area (Å²) in [4.78, 5) is 34.6. The van der Waals surface area contributed by atoms with Crippen molar-refractivity contribution in [3.05, 3.63) is 33.1 Å². The largest absolute Gasteiger partial charge is 0.376 e. The molecule has 0 aliphatic carbocycles. The quantitative estimate of drug-likeness (QED) is 0.746. The lowest BCUT2D eigenvalue weighted by Crippen LogP contribution is -2.41. The Kier molecular flexibility index (Phi) is 4.16. The van der Waals surface area contributed by atoms with E-state index < -0.39 is 5.69 Å². The third kappa shape index (κ3) is 3.31. The zero-order chi connectivity index (χ0) is 13.8. The second-order valence-corrected chi connectivity index (χ2v) is 4.56. The highest BCUT2D eigenvalue weighted by atomic mass is 16.5. The van der Waals surface area contributed by atoms with E-state index in [2.05, 4.69) is 5.32 Å². The third-order valence-corrected chi connectivity index (χ3v) is 3.13. The van der Waals surface area contributed by atoms with E-state index in [4.69, 9.17) is 4.74 Å². The molecule has 1 N–H and O–H groups in total. The molecule has 1 aromatic heterocycles. The normalized spacial score (nSPS) is 18.5. The van der Waals surface area contributed by atoms with Gasteiger partial charge in [0, 0.05) is 32.5 Å². The molecule has 1 saturated heterocycles. The van der Waals surface area contributed by atoms with Crippen LogP contribution in [0.15, 0.2) is 21.9 Å². The predicted molar refractivity (Wildman–Crippen MR) is 67.9 cm³/mol. The molecular formula is C12H17N3O4. The molecule has 0 unspecified atom stereocenters. The van der Waals surface area contributed by atoms with Crippen molar-refractivity contribution in [3.8, 4) is 0 Å². The molecule has 0 radical (unpaired) electrons. The van der Waals surface area contributed by atoms with Crippen molar-refractivity contribution in [1.82, 2.24) is 14.5 Å². The first-order chi connectivity index (χ1) is 9.08. The minimum Gasteiger partial charge on any atom is -0.376 e. The Balaban J connectivity index is 1.93. The Hall–Kier alpha value is -1.89. The van der Waals surface area contributed by atoms with Gasteiger partial charge >= 0.3 is 5.69 Å². The number of carbonyl (C=O) groups is 1. The van der Waals surface area contributed by atoms with Gasteiger partial charge in [-0.3, -0.25) is 18.7 Å². The van der Waals surface area contributed by atoms with Gasteiger partial charge in [-0.25, -0.2) is 4.79 Å². The van der Waals surface area contributed by atoms with Crippen molar-refractivity contribution in [2.24, 2.45) is 7.05 Å². The van der Waals surface area contributed by atoms with E-state index in [9.17, 15) is 14.4 Å². The number of nitrogens with one attached hydrogen (secondary N) is 1. The van der Waals surface area contributed by atoms with Crippen molar-refractivity contribution >= 4 is 5.91 Å². The smallest absolute Gasteiger partial charge is 0.331 e. The van der Waals surface area contributed by atoms with Crippen LogP contribution in [0.1, 0.15) is 12.8 Å². The first-order valence-electron chi connectivity index (χ1n) is 6.22. The summed E-state index contributed by atoms with van der Waals surface area (Å²) in [6.45, 7) is 1.10. The molecule has 0 saturated carbocycles. The summed E-state index contributed by atoms with van der Waals surface area (Å²) >= 11 is 0. The Morgan fingerprint density at radius 1 is 1.53 bits per heavy atom. The fraction of sp³-hybridized carbons (Fsp3) is 0.583. The molecule has 1 amide bonds. The molecule has 2 rings (SSSR count). The summed E-state index contributed by atoms with van der Waals surface area (Å²) in [6.07, 6.45) is 3.36. The third-order valence-electron chi connectivity index (χ3n) is 3.13. The van der Waals surface area contributed by atoms with Gasteiger partial charge in [-0.1, -0.05) is 0 Å². The molecule has 0 bridgehead atoms. The summed E-state index contributed by atoms with van der Waals surface area (Å²) in [6, 6.07) is 1.26. The van der Waals surface area contributed by atoms with E-state index in [1.807, 2.05) is 0 Å². The standard InChI is InChI=1S/C12H17N3O4/c1-14-11(17)4-5-15(12(14)18)8-10(16)13-7-9-3-2-6-19-9/h4-5,9H,2-3,6-8H2,1H3,(H,13,16)/t9-/m1/s1. The molecule has 1 aromatic rings. The van der Waals surface area contributed by atoms with Crippen LogP contribution in [-0.4, -0.2) is 34.3 Å². The number of nitrogens with zero attached hydrogens (tertiary/aromatic N) is 2. The Labute approximate surface area is 109 Å². The number of rotatable bonds is 4. The number of hydrogen-bond acceptors (Lipinski definition) is 4. The lowest BCUT2D eigenvalue weighted by Gasteiger charge is -2.11. The van der Waals surface area contributed by atoms with E-state index in [0.717, 1.165) is 24.0 Å². The van der Waals surface area contributed by atoms with Crippen molar-refractivity contribution < 1.29 is 9.53 Å². The predicted octanol–water partition coefficient (Wildman–Crippen LogP) is -1.16. The SMILES string of the molecule is Cn1c(=O)ccn(CC(=O)NC[C@H]2CCCO2)c1=O. The molecule has 1 aliphatic rings. The summed E-state index contributed by atoms with van der Waals surface area (Å²) in [5.41, 5.74) is -0.888. The summed E-state index contributed by atoms with van der Waals surface area (Å²) in [5.74, 6) is -0.267. The van der Waals surface area contributed by atoms with Gasteiger partial charge < -0.3 is 10.1 Å². The maximum absolute atomic E-state index is 11.7. The molecule has 0 spiro atoms. The van der Waals surface area contributed by atoms with E-state index in [1.165, 1.54) is 23.9 Å². The average Bonchev–Trinajstić information content (AvgIpc) is 2.90. The molecule has 2 heterocycles. The second kappa shape index (κ2) is 5.83. The highest BCUT2D eigenvalue weighted by molar-refractivity contribution is 5.75. The lowest BCUT2D eigenvalue weighted by atomic mass is 10.2. The van der Waals surface area contributed by atoms with Crippen LogP contribution >= 0.6 is 0 Å². The fourth-order valence-corrected chi connectivity index (χ4v) is 1.98. The van der Waals surface area contributed by atoms with Gasteiger partial charge in [0.1, 0.15) is 6.54 Å². The van der Waals surface area contributed by atoms with E-state index in [-0.39, 0.29) is 24.1 Å². The van der Waals surface area contributed by atoms with Crippen LogP contribution in [0.3, 0.4) is 0 Å². The Bertz CT molecular complexity index is 569. The number of aromatic nitrogens is 2. The minimum atomic E-state index is -0.500. The van der Waals surface area contributed by atoms with Crippen molar-refractivity contribution in [3.63, 3.8) is 0 Å². The van der Waals surface area contributed by atoms with Gasteiger partial charge in [0.05, 0.1) is 6.10 Å². The van der Waals surface area contributed by atoms with Gasteiger partial charge in [0.15, 0.2) is 0 Å². The highest BCUT2D eigenvalue weighted by Crippen LogP contribution is 2.10. The van der Waals surface area contributed by atoms with E-state index >= 15 is 0 Å². The fourth-order valence-electron chi connectivity index (χ4n) is 1.98. The molecule has 1 aliphatic heterocycles. The van der Waals surface area contributed by atoms with Crippen molar-refractivity contribution in [1.29, 1.82) is 0 Å². The number of amides is 1. The van der Waals surface area contributed by atoms with Crippen LogP contribution in [0.4, 0.5) is 0 Å². The second-order valence-electron chi connectivity index (χ2n) is 4.56. The summed E-state index contributed by atoms with van der Waals surface area (Å²) < 4.78 is 7.55. The average molecular weight is 267 g/mol. The van der Waals surface area contributed by atoms with Crippen LogP contribution in [0.2, 0.25) is 0 Å². The number of carbonyl (C=O) groups excluding carboxylic acids is 1. The van der Waals surface area contributed by atoms with Crippen LogP contribution in [-0.2, 0) is 23.1 Å². The molecule has 19 heavy (non-hydrogen) atoms. The molecule has 1 fully saturated rings. The Morgan fingerprint density at radius 3 is 3.00 bits per heavy atom. The van der Waals surface area contributed by atoms with Crippen LogP contribution in [0, 0.1) is 0 Å². The van der Waals surface area contributed by atoms with E-state index in [0.29, 0.717) is 6.54 Å². The summed E-state index contributed by atoms with van der Waals surface area (Å²) in [7, 11) is 1.38. The zero-order valence-corrected chi connectivity index (χ0v) is 10.8. The molecule has 1 atom stereocenters. The molecule has 0 aromatic carbocycles. The monoisotopic (exact) mass is 267 g/mol. The topological polar surface area (TPSA) is 82.3 Å². The van der Waals surface area contributed by atoms with Gasteiger partial charge in [0.2, 0.25) is 5.91 Å². The maximum Gasteiger partial charge on any atom is 0.331 e. The van der Waals surface area contributed by atoms with Gasteiger partial charge in [-0.05, 0) is 12.8 Å². The van der Waals surface area contributed by atoms with Crippen LogP contribution < -0.4 is 16.6 Å². The van der Waals surface area contributed by atoms with Crippen molar-refractivity contribution in [2.45, 2.75) is 25.5 Å². The minimum absolute atomic E-state index is 0.0702. The van der Waals surface area contributed by atoms with Crippen LogP contribution in [0.5, 0.6) is 0 Å². The Morgan fingerprint density at radius 2 is 2.32 bits per heavy atom.